The molecule has 51 heavy (non-hydrogen) atoms. The fourth-order valence-corrected chi connectivity index (χ4v) is 6.81. The van der Waals surface area contributed by atoms with E-state index >= 15 is 0 Å². The fourth-order valence-electron chi connectivity index (χ4n) is 6.81. The Bertz CT molecular complexity index is 2180. The number of carbonyl (C=O) groups is 1. The Kier molecular flexibility index (Phi) is 8.27. The van der Waals surface area contributed by atoms with E-state index in [4.69, 9.17) is 23.4 Å². The first-order chi connectivity index (χ1) is 24.7. The smallest absolute Gasteiger partial charge is 0.326 e. The number of carboxylic acid groups (broad SMARTS) is 1. The first-order valence-electron chi connectivity index (χ1n) is 16.4. The molecular formula is C36H32F2N6O7. The highest BCUT2D eigenvalue weighted by Crippen LogP contribution is 2.41. The van der Waals surface area contributed by atoms with E-state index in [0.29, 0.717) is 60.0 Å². The van der Waals surface area contributed by atoms with Gasteiger partial charge >= 0.3 is 5.97 Å². The second-order valence-corrected chi connectivity index (χ2v) is 12.6. The number of fused-ring (bicyclic) bond motifs is 3. The Labute approximate surface area is 290 Å². The molecule has 0 aliphatic carbocycles. The van der Waals surface area contributed by atoms with Crippen LogP contribution in [0.1, 0.15) is 36.9 Å². The minimum absolute atomic E-state index is 0.00502. The number of methoxy groups -OCH3 is 1. The lowest BCUT2D eigenvalue weighted by molar-refractivity contribution is -0.228. The standard InChI is InChI=1S/C36H32F2N6O7/c1-20-36(18-48-19-36)49-12-11-43(20)26-13-21(7-8-22-9-10-23(47-2)16-39-22)15-40-34(26)50-24-14-27(35(45)46)44(17-24)33-30-29(41-32(42-33)31(37)38)25-5-3-4-6-28(25)51-30/h3-6,9-10,13,15-16,20,24,27,31H,11-12,14,17-19H2,1-2H3,(H,45,46)/t20-,24-,27-/m0/s1. The van der Waals surface area contributed by atoms with Crippen LogP contribution in [0, 0.1) is 11.8 Å². The molecule has 3 saturated heterocycles. The minimum atomic E-state index is -2.99. The van der Waals surface area contributed by atoms with E-state index in [1.807, 2.05) is 6.07 Å². The lowest BCUT2D eigenvalue weighted by Crippen LogP contribution is -2.68. The Balaban J connectivity index is 1.15. The maximum Gasteiger partial charge on any atom is 0.326 e. The number of anilines is 2. The molecule has 1 spiro atoms. The van der Waals surface area contributed by atoms with Crippen molar-refractivity contribution < 1.29 is 42.0 Å². The summed E-state index contributed by atoms with van der Waals surface area (Å²) in [7, 11) is 1.56. The number of aromatic nitrogens is 4. The summed E-state index contributed by atoms with van der Waals surface area (Å²) < 4.78 is 57.6. The van der Waals surface area contributed by atoms with E-state index in [9.17, 15) is 18.7 Å². The number of nitrogens with zero attached hydrogens (tertiary/aromatic N) is 6. The molecule has 0 amide bonds. The van der Waals surface area contributed by atoms with Gasteiger partial charge in [-0.1, -0.05) is 18.1 Å². The van der Waals surface area contributed by atoms with Gasteiger partial charge in [-0.25, -0.2) is 33.5 Å². The lowest BCUT2D eigenvalue weighted by Gasteiger charge is -2.53. The summed E-state index contributed by atoms with van der Waals surface area (Å²) in [4.78, 5) is 33.4. The van der Waals surface area contributed by atoms with Crippen molar-refractivity contribution in [2.75, 3.05) is 49.8 Å². The van der Waals surface area contributed by atoms with Crippen LogP contribution in [-0.4, -0.2) is 94.8 Å². The van der Waals surface area contributed by atoms with Crippen LogP contribution >= 0.6 is 0 Å². The van der Waals surface area contributed by atoms with Crippen LogP contribution in [0.25, 0.3) is 22.1 Å². The molecule has 0 radical (unpaired) electrons. The molecule has 15 heteroatoms. The van der Waals surface area contributed by atoms with Crippen LogP contribution in [0.2, 0.25) is 0 Å². The molecule has 3 fully saturated rings. The number of rotatable bonds is 7. The molecule has 0 saturated carbocycles. The average Bonchev–Trinajstić information content (AvgIpc) is 3.72. The Morgan fingerprint density at radius 2 is 1.94 bits per heavy atom. The van der Waals surface area contributed by atoms with E-state index in [0.717, 1.165) is 0 Å². The van der Waals surface area contributed by atoms with Gasteiger partial charge in [0, 0.05) is 30.1 Å². The quantitative estimate of drug-likeness (QED) is 0.236. The second kappa shape index (κ2) is 12.9. The third-order valence-electron chi connectivity index (χ3n) is 9.60. The Hall–Kier alpha value is -5.59. The number of hydrogen-bond donors (Lipinski definition) is 1. The first-order valence-corrected chi connectivity index (χ1v) is 16.4. The highest BCUT2D eigenvalue weighted by atomic mass is 19.3. The van der Waals surface area contributed by atoms with E-state index < -0.39 is 36.0 Å². The number of benzene rings is 1. The Morgan fingerprint density at radius 1 is 1.10 bits per heavy atom. The van der Waals surface area contributed by atoms with Crippen molar-refractivity contribution in [2.45, 2.75) is 43.6 Å². The molecule has 262 valence electrons. The predicted molar refractivity (Wildman–Crippen MR) is 179 cm³/mol. The van der Waals surface area contributed by atoms with Crippen molar-refractivity contribution in [3.8, 4) is 23.5 Å². The molecule has 1 N–H and O–H groups in total. The monoisotopic (exact) mass is 698 g/mol. The van der Waals surface area contributed by atoms with Crippen LogP contribution in [0.3, 0.4) is 0 Å². The highest BCUT2D eigenvalue weighted by Gasteiger charge is 2.50. The largest absolute Gasteiger partial charge is 0.495 e. The maximum absolute atomic E-state index is 14.1. The number of carboxylic acids is 1. The Morgan fingerprint density at radius 3 is 2.67 bits per heavy atom. The van der Waals surface area contributed by atoms with Gasteiger partial charge in [-0.05, 0) is 43.2 Å². The van der Waals surface area contributed by atoms with E-state index in [2.05, 4.69) is 43.6 Å². The number of furan rings is 1. The van der Waals surface area contributed by atoms with E-state index in [1.54, 1.807) is 55.9 Å². The van der Waals surface area contributed by atoms with Crippen molar-refractivity contribution >= 4 is 39.5 Å². The number of alkyl halides is 2. The molecule has 8 rings (SSSR count). The van der Waals surface area contributed by atoms with E-state index in [1.165, 1.54) is 4.90 Å². The number of morpholine rings is 1. The van der Waals surface area contributed by atoms with Crippen LogP contribution in [0.15, 0.2) is 59.3 Å². The number of ether oxygens (including phenoxy) is 4. The molecule has 0 unspecified atom stereocenters. The zero-order valence-electron chi connectivity index (χ0n) is 27.6. The van der Waals surface area contributed by atoms with Gasteiger partial charge in [0.15, 0.2) is 17.2 Å². The summed E-state index contributed by atoms with van der Waals surface area (Å²) in [5, 5.41) is 10.8. The van der Waals surface area contributed by atoms with Gasteiger partial charge < -0.3 is 38.3 Å². The molecule has 7 heterocycles. The topological polar surface area (TPSA) is 145 Å². The molecule has 13 nitrogen and oxygen atoms in total. The van der Waals surface area contributed by atoms with Gasteiger partial charge in [0.2, 0.25) is 5.88 Å². The van der Waals surface area contributed by atoms with Crippen molar-refractivity contribution in [1.82, 2.24) is 19.9 Å². The van der Waals surface area contributed by atoms with Crippen molar-refractivity contribution in [3.63, 3.8) is 0 Å². The molecule has 0 bridgehead atoms. The molecule has 3 atom stereocenters. The molecular weight excluding hydrogens is 666 g/mol. The normalized spacial score (nSPS) is 21.2. The summed E-state index contributed by atoms with van der Waals surface area (Å²) >= 11 is 0. The number of hydrogen-bond acceptors (Lipinski definition) is 12. The predicted octanol–water partition coefficient (Wildman–Crippen LogP) is 4.62. The lowest BCUT2D eigenvalue weighted by atomic mass is 9.90. The van der Waals surface area contributed by atoms with Crippen LogP contribution < -0.4 is 19.3 Å². The summed E-state index contributed by atoms with van der Waals surface area (Å²) in [6.45, 7) is 3.94. The maximum atomic E-state index is 14.1. The van der Waals surface area contributed by atoms with Crippen molar-refractivity contribution in [2.24, 2.45) is 0 Å². The number of aliphatic carboxylic acids is 1. The minimum Gasteiger partial charge on any atom is -0.495 e. The zero-order chi connectivity index (χ0) is 35.3. The van der Waals surface area contributed by atoms with Crippen molar-refractivity contribution in [1.29, 1.82) is 0 Å². The van der Waals surface area contributed by atoms with Gasteiger partial charge in [-0.3, -0.25) is 0 Å². The van der Waals surface area contributed by atoms with Crippen molar-refractivity contribution in [3.05, 3.63) is 71.9 Å². The molecule has 1 aromatic carbocycles. The SMILES string of the molecule is COc1ccc(C#Cc2cnc(O[C@H]3C[C@@H](C(=O)O)N(c4nc(C(F)F)nc5c4oc4ccccc45)C3)c(N3CCOC4(COC4)[C@@H]3C)c2)nc1. The van der Waals surface area contributed by atoms with Crippen LogP contribution in [0.4, 0.5) is 20.3 Å². The third kappa shape index (κ3) is 5.89. The number of pyridine rings is 2. The van der Waals surface area contributed by atoms with Gasteiger partial charge in [0.25, 0.3) is 6.43 Å². The summed E-state index contributed by atoms with van der Waals surface area (Å²) in [5.41, 5.74) is 2.04. The molecule has 4 aromatic heterocycles. The summed E-state index contributed by atoms with van der Waals surface area (Å²) in [6.07, 6.45) is -0.507. The van der Waals surface area contributed by atoms with Gasteiger partial charge in [-0.2, -0.15) is 0 Å². The van der Waals surface area contributed by atoms with Gasteiger partial charge in [-0.15, -0.1) is 0 Å². The number of halogens is 2. The molecule has 5 aromatic rings. The number of para-hydroxylation sites is 1. The molecule has 3 aliphatic heterocycles. The van der Waals surface area contributed by atoms with Gasteiger partial charge in [0.05, 0.1) is 45.7 Å². The average molecular weight is 699 g/mol. The fraction of sp³-hybridized carbons (Fsp3) is 0.361. The van der Waals surface area contributed by atoms with Crippen LogP contribution in [0.5, 0.6) is 11.6 Å². The first kappa shape index (κ1) is 32.6. The van der Waals surface area contributed by atoms with Crippen LogP contribution in [-0.2, 0) is 14.3 Å². The van der Waals surface area contributed by atoms with Gasteiger partial charge in [0.1, 0.15) is 46.0 Å². The third-order valence-corrected chi connectivity index (χ3v) is 9.60. The highest BCUT2D eigenvalue weighted by molar-refractivity contribution is 6.06. The summed E-state index contributed by atoms with van der Waals surface area (Å²) in [5.74, 6) is 5.15. The zero-order valence-corrected chi connectivity index (χ0v) is 27.6. The second-order valence-electron chi connectivity index (χ2n) is 12.6. The van der Waals surface area contributed by atoms with E-state index in [-0.39, 0.29) is 41.8 Å². The molecule has 3 aliphatic rings. The summed E-state index contributed by atoms with van der Waals surface area (Å²) in [6, 6.07) is 11.0.